The van der Waals surface area contributed by atoms with Gasteiger partial charge in [0.25, 0.3) is 5.91 Å². The zero-order valence-electron chi connectivity index (χ0n) is 18.9. The largest absolute Gasteiger partial charge is 0.493 e. The molecule has 0 saturated heterocycles. The second-order valence-corrected chi connectivity index (χ2v) is 7.87. The summed E-state index contributed by atoms with van der Waals surface area (Å²) in [7, 11) is 0. The Morgan fingerprint density at radius 2 is 1.68 bits per heavy atom. The fourth-order valence-corrected chi connectivity index (χ4v) is 3.87. The normalized spacial score (nSPS) is 12.3. The Morgan fingerprint density at radius 1 is 0.853 bits per heavy atom. The van der Waals surface area contributed by atoms with Crippen molar-refractivity contribution in [3.63, 3.8) is 0 Å². The molecule has 0 radical (unpaired) electrons. The summed E-state index contributed by atoms with van der Waals surface area (Å²) in [6.45, 7) is 3.74. The van der Waals surface area contributed by atoms with Gasteiger partial charge >= 0.3 is 0 Å². The second-order valence-electron chi connectivity index (χ2n) is 7.87. The summed E-state index contributed by atoms with van der Waals surface area (Å²) in [4.78, 5) is 13.0. The number of hydrogen-bond acceptors (Lipinski definition) is 5. The molecule has 6 heteroatoms. The lowest BCUT2D eigenvalue weighted by atomic mass is 10.1. The van der Waals surface area contributed by atoms with E-state index < -0.39 is 0 Å². The molecule has 0 fully saturated rings. The number of carbonyl (C=O) groups is 1. The number of ether oxygens (including phenoxy) is 4. The van der Waals surface area contributed by atoms with Crippen LogP contribution in [-0.2, 0) is 6.61 Å². The first-order valence-corrected chi connectivity index (χ1v) is 11.3. The molecule has 0 aromatic heterocycles. The van der Waals surface area contributed by atoms with Crippen LogP contribution in [0.3, 0.4) is 0 Å². The van der Waals surface area contributed by atoms with E-state index in [1.54, 1.807) is 36.4 Å². The number of amides is 1. The van der Waals surface area contributed by atoms with Crippen molar-refractivity contribution in [1.29, 1.82) is 0 Å². The summed E-state index contributed by atoms with van der Waals surface area (Å²) >= 11 is 0. The summed E-state index contributed by atoms with van der Waals surface area (Å²) in [6, 6.07) is 24.8. The van der Waals surface area contributed by atoms with Crippen molar-refractivity contribution in [2.24, 2.45) is 0 Å². The topological polar surface area (TPSA) is 66.0 Å². The number of fused-ring (bicyclic) bond motifs is 2. The van der Waals surface area contributed by atoms with E-state index in [0.717, 1.165) is 22.1 Å². The van der Waals surface area contributed by atoms with Gasteiger partial charge in [0.05, 0.1) is 6.61 Å². The standard InChI is InChI=1S/C28H25NO5/c1-2-31-25-11-8-21(28(30)29-23-9-12-26-27(17-23)33-14-13-32-26)15-22(25)18-34-24-10-7-19-5-3-4-6-20(19)16-24/h3-12,15-17H,2,13-14,18H2,1H3,(H,29,30). The maximum Gasteiger partial charge on any atom is 0.255 e. The van der Waals surface area contributed by atoms with Crippen molar-refractivity contribution in [3.8, 4) is 23.0 Å². The lowest BCUT2D eigenvalue weighted by Gasteiger charge is -2.19. The fraction of sp³-hybridized carbons (Fsp3) is 0.179. The Labute approximate surface area is 198 Å². The van der Waals surface area contributed by atoms with Crippen molar-refractivity contribution in [1.82, 2.24) is 0 Å². The Bertz CT molecular complexity index is 1330. The van der Waals surface area contributed by atoms with Crippen LogP contribution in [-0.4, -0.2) is 25.7 Å². The van der Waals surface area contributed by atoms with Crippen LogP contribution in [0.4, 0.5) is 5.69 Å². The molecule has 4 aromatic rings. The smallest absolute Gasteiger partial charge is 0.255 e. The van der Waals surface area contributed by atoms with Crippen molar-refractivity contribution in [2.75, 3.05) is 25.1 Å². The minimum Gasteiger partial charge on any atom is -0.493 e. The first kappa shape index (κ1) is 21.6. The number of hydrogen-bond donors (Lipinski definition) is 1. The van der Waals surface area contributed by atoms with Gasteiger partial charge in [-0.25, -0.2) is 0 Å². The van der Waals surface area contributed by atoms with Crippen LogP contribution in [0.1, 0.15) is 22.8 Å². The average molecular weight is 456 g/mol. The van der Waals surface area contributed by atoms with Gasteiger partial charge in [-0.15, -0.1) is 0 Å². The molecule has 4 aromatic carbocycles. The third-order valence-electron chi connectivity index (χ3n) is 5.54. The molecule has 0 aliphatic carbocycles. The van der Waals surface area contributed by atoms with Crippen molar-refractivity contribution >= 4 is 22.4 Å². The molecule has 34 heavy (non-hydrogen) atoms. The number of benzene rings is 4. The molecular weight excluding hydrogens is 430 g/mol. The molecule has 0 saturated carbocycles. The summed E-state index contributed by atoms with van der Waals surface area (Å²) < 4.78 is 23.0. The van der Waals surface area contributed by atoms with Gasteiger partial charge in [-0.1, -0.05) is 30.3 Å². The average Bonchev–Trinajstić information content (AvgIpc) is 2.88. The minimum atomic E-state index is -0.230. The summed E-state index contributed by atoms with van der Waals surface area (Å²) in [6.07, 6.45) is 0. The molecule has 1 amide bonds. The van der Waals surface area contributed by atoms with Gasteiger partial charge in [-0.05, 0) is 60.2 Å². The van der Waals surface area contributed by atoms with Gasteiger partial charge in [0.1, 0.15) is 31.3 Å². The molecule has 172 valence electrons. The number of anilines is 1. The molecular formula is C28H25NO5. The maximum atomic E-state index is 13.0. The highest BCUT2D eigenvalue weighted by atomic mass is 16.6. The van der Waals surface area contributed by atoms with Crippen LogP contribution < -0.4 is 24.3 Å². The van der Waals surface area contributed by atoms with Crippen LogP contribution in [0.25, 0.3) is 10.8 Å². The zero-order valence-corrected chi connectivity index (χ0v) is 18.9. The first-order chi connectivity index (χ1) is 16.7. The van der Waals surface area contributed by atoms with Gasteiger partial charge in [-0.2, -0.15) is 0 Å². The monoisotopic (exact) mass is 455 g/mol. The van der Waals surface area contributed by atoms with Crippen LogP contribution >= 0.6 is 0 Å². The highest BCUT2D eigenvalue weighted by molar-refractivity contribution is 6.04. The minimum absolute atomic E-state index is 0.230. The fourth-order valence-electron chi connectivity index (χ4n) is 3.87. The molecule has 0 unspecified atom stereocenters. The van der Waals surface area contributed by atoms with E-state index in [1.165, 1.54) is 0 Å². The van der Waals surface area contributed by atoms with Gasteiger partial charge in [0.2, 0.25) is 0 Å². The van der Waals surface area contributed by atoms with Crippen molar-refractivity contribution in [2.45, 2.75) is 13.5 Å². The second kappa shape index (κ2) is 9.75. The lowest BCUT2D eigenvalue weighted by molar-refractivity contribution is 0.102. The Balaban J connectivity index is 1.33. The van der Waals surface area contributed by atoms with Crippen LogP contribution in [0, 0.1) is 0 Å². The highest BCUT2D eigenvalue weighted by Crippen LogP contribution is 2.33. The predicted octanol–water partition coefficient (Wildman–Crippen LogP) is 5.84. The third-order valence-corrected chi connectivity index (χ3v) is 5.54. The van der Waals surface area contributed by atoms with Gasteiger partial charge in [0.15, 0.2) is 11.5 Å². The van der Waals surface area contributed by atoms with Gasteiger partial charge < -0.3 is 24.3 Å². The maximum absolute atomic E-state index is 13.0. The van der Waals surface area contributed by atoms with Crippen LogP contribution in [0.5, 0.6) is 23.0 Å². The van der Waals surface area contributed by atoms with E-state index in [9.17, 15) is 4.79 Å². The molecule has 0 bridgehead atoms. The van der Waals surface area contributed by atoms with Crippen LogP contribution in [0.15, 0.2) is 78.9 Å². The molecule has 1 N–H and O–H groups in total. The summed E-state index contributed by atoms with van der Waals surface area (Å²) in [5, 5.41) is 5.19. The van der Waals surface area contributed by atoms with E-state index in [2.05, 4.69) is 17.4 Å². The zero-order chi connectivity index (χ0) is 23.3. The van der Waals surface area contributed by atoms with Gasteiger partial charge in [-0.3, -0.25) is 4.79 Å². The molecule has 1 aliphatic rings. The highest BCUT2D eigenvalue weighted by Gasteiger charge is 2.15. The van der Waals surface area contributed by atoms with E-state index in [0.29, 0.717) is 48.3 Å². The van der Waals surface area contributed by atoms with Crippen LogP contribution in [0.2, 0.25) is 0 Å². The Hall–Kier alpha value is -4.19. The van der Waals surface area contributed by atoms with E-state index >= 15 is 0 Å². The molecule has 5 rings (SSSR count). The molecule has 6 nitrogen and oxygen atoms in total. The summed E-state index contributed by atoms with van der Waals surface area (Å²) in [5.74, 6) is 2.52. The van der Waals surface area contributed by atoms with E-state index in [1.807, 2.05) is 37.3 Å². The quantitative estimate of drug-likeness (QED) is 0.379. The summed E-state index contributed by atoms with van der Waals surface area (Å²) in [5.41, 5.74) is 1.94. The first-order valence-electron chi connectivity index (χ1n) is 11.3. The molecule has 0 spiro atoms. The Kier molecular flexibility index (Phi) is 6.21. The van der Waals surface area contributed by atoms with E-state index in [-0.39, 0.29) is 12.5 Å². The SMILES string of the molecule is CCOc1ccc(C(=O)Nc2ccc3c(c2)OCCO3)cc1COc1ccc2ccccc2c1. The predicted molar refractivity (Wildman–Crippen MR) is 131 cm³/mol. The van der Waals surface area contributed by atoms with Crippen molar-refractivity contribution in [3.05, 3.63) is 90.0 Å². The lowest BCUT2D eigenvalue weighted by Crippen LogP contribution is -2.16. The molecule has 1 aliphatic heterocycles. The number of carbonyl (C=O) groups excluding carboxylic acids is 1. The van der Waals surface area contributed by atoms with E-state index in [4.69, 9.17) is 18.9 Å². The number of rotatable bonds is 7. The molecule has 1 heterocycles. The van der Waals surface area contributed by atoms with Crippen molar-refractivity contribution < 1.29 is 23.7 Å². The third kappa shape index (κ3) is 4.76. The molecule has 0 atom stereocenters. The Morgan fingerprint density at radius 3 is 2.53 bits per heavy atom. The van der Waals surface area contributed by atoms with Gasteiger partial charge in [0, 0.05) is 22.9 Å². The number of nitrogens with one attached hydrogen (secondary N) is 1.